The average Bonchev–Trinajstić information content (AvgIpc) is 2.50. The van der Waals surface area contributed by atoms with Crippen LogP contribution >= 0.6 is 47.8 Å². The molecular formula is C18H10BBr3. The Morgan fingerprint density at radius 1 is 0.545 bits per heavy atom. The van der Waals surface area contributed by atoms with Gasteiger partial charge in [-0.05, 0) is 40.5 Å². The van der Waals surface area contributed by atoms with Crippen LogP contribution in [-0.2, 0) is 0 Å². The Morgan fingerprint density at radius 3 is 1.73 bits per heavy atom. The molecule has 0 saturated carbocycles. The fraction of sp³-hybridized carbons (Fsp3) is 0. The summed E-state index contributed by atoms with van der Waals surface area (Å²) in [6.45, 7) is 0. The summed E-state index contributed by atoms with van der Waals surface area (Å²) in [5.74, 6) is 0. The first-order valence-electron chi connectivity index (χ1n) is 6.67. The van der Waals surface area contributed by atoms with Gasteiger partial charge in [-0.1, -0.05) is 95.7 Å². The molecule has 2 radical (unpaired) electrons. The summed E-state index contributed by atoms with van der Waals surface area (Å²) in [5.41, 5.74) is 5.12. The molecule has 0 saturated heterocycles. The monoisotopic (exact) mass is 474 g/mol. The maximum atomic E-state index is 6.14. The Bertz CT molecular complexity index is 777. The topological polar surface area (TPSA) is 0 Å². The Hall–Kier alpha value is -0.835. The standard InChI is InChI=1S/C18H10BBr3/c19-15-7-3-1-5-11(15)13-9-14(18(22)10-17(13)21)12-6-2-4-8-16(12)20/h1-10H. The summed E-state index contributed by atoms with van der Waals surface area (Å²) < 4.78 is 3.10. The van der Waals surface area contributed by atoms with Crippen LogP contribution in [0.1, 0.15) is 0 Å². The number of benzene rings is 3. The third-order valence-corrected chi connectivity index (χ3v) is 5.48. The third-order valence-electron chi connectivity index (χ3n) is 3.47. The summed E-state index contributed by atoms with van der Waals surface area (Å²) in [6, 6.07) is 20.3. The molecule has 0 fully saturated rings. The van der Waals surface area contributed by atoms with Crippen LogP contribution in [0.4, 0.5) is 0 Å². The largest absolute Gasteiger partial charge is 0.114 e. The van der Waals surface area contributed by atoms with Crippen LogP contribution in [0.2, 0.25) is 0 Å². The van der Waals surface area contributed by atoms with E-state index < -0.39 is 0 Å². The van der Waals surface area contributed by atoms with Crippen molar-refractivity contribution in [2.75, 3.05) is 0 Å². The van der Waals surface area contributed by atoms with Gasteiger partial charge in [0.15, 0.2) is 0 Å². The lowest BCUT2D eigenvalue weighted by atomic mass is 9.86. The predicted octanol–water partition coefficient (Wildman–Crippen LogP) is 6.10. The van der Waals surface area contributed by atoms with E-state index in [0.29, 0.717) is 0 Å². The van der Waals surface area contributed by atoms with Crippen molar-refractivity contribution in [2.24, 2.45) is 0 Å². The van der Waals surface area contributed by atoms with E-state index in [0.717, 1.165) is 41.1 Å². The van der Waals surface area contributed by atoms with Crippen LogP contribution in [0, 0.1) is 0 Å². The molecule has 0 amide bonds. The molecule has 22 heavy (non-hydrogen) atoms. The first-order chi connectivity index (χ1) is 10.6. The first kappa shape index (κ1) is 16.0. The Morgan fingerprint density at radius 2 is 1.09 bits per heavy atom. The van der Waals surface area contributed by atoms with Gasteiger partial charge < -0.3 is 0 Å². The van der Waals surface area contributed by atoms with Crippen molar-refractivity contribution in [3.63, 3.8) is 0 Å². The lowest BCUT2D eigenvalue weighted by Gasteiger charge is -2.14. The molecule has 3 aromatic carbocycles. The van der Waals surface area contributed by atoms with Crippen LogP contribution < -0.4 is 5.46 Å². The van der Waals surface area contributed by atoms with Gasteiger partial charge in [0.05, 0.1) is 0 Å². The zero-order chi connectivity index (χ0) is 15.7. The number of hydrogen-bond acceptors (Lipinski definition) is 0. The highest BCUT2D eigenvalue weighted by Crippen LogP contribution is 2.39. The minimum Gasteiger partial charge on any atom is -0.0889 e. The average molecular weight is 477 g/mol. The second kappa shape index (κ2) is 6.73. The maximum absolute atomic E-state index is 6.14. The van der Waals surface area contributed by atoms with E-state index in [-0.39, 0.29) is 0 Å². The molecule has 3 rings (SSSR count). The smallest absolute Gasteiger partial charge is 0.0889 e. The molecule has 0 aromatic heterocycles. The molecular weight excluding hydrogens is 467 g/mol. The summed E-state index contributed by atoms with van der Waals surface area (Å²) >= 11 is 10.9. The summed E-state index contributed by atoms with van der Waals surface area (Å²) in [6.07, 6.45) is 0. The van der Waals surface area contributed by atoms with E-state index in [1.165, 1.54) is 0 Å². The molecule has 0 aliphatic rings. The number of rotatable bonds is 2. The zero-order valence-electron chi connectivity index (χ0n) is 11.5. The molecule has 0 N–H and O–H groups in total. The molecule has 0 aliphatic heterocycles. The number of halogens is 3. The summed E-state index contributed by atoms with van der Waals surface area (Å²) in [7, 11) is 6.14. The van der Waals surface area contributed by atoms with Crippen molar-refractivity contribution >= 4 is 61.1 Å². The van der Waals surface area contributed by atoms with E-state index in [1.807, 2.05) is 42.5 Å². The minimum atomic E-state index is 0.767. The van der Waals surface area contributed by atoms with E-state index in [9.17, 15) is 0 Å². The second-order valence-corrected chi connectivity index (χ2v) is 7.44. The van der Waals surface area contributed by atoms with Gasteiger partial charge in [-0.3, -0.25) is 0 Å². The lowest BCUT2D eigenvalue weighted by Crippen LogP contribution is -2.05. The van der Waals surface area contributed by atoms with Crippen LogP contribution in [0.25, 0.3) is 22.3 Å². The molecule has 3 aromatic rings. The van der Waals surface area contributed by atoms with E-state index in [1.54, 1.807) is 0 Å². The molecule has 0 atom stereocenters. The quantitative estimate of drug-likeness (QED) is 0.392. The maximum Gasteiger partial charge on any atom is 0.114 e. The molecule has 0 nitrogen and oxygen atoms in total. The number of hydrogen-bond donors (Lipinski definition) is 0. The van der Waals surface area contributed by atoms with Gasteiger partial charge in [-0.25, -0.2) is 0 Å². The van der Waals surface area contributed by atoms with Crippen molar-refractivity contribution in [3.8, 4) is 22.3 Å². The normalized spacial score (nSPS) is 10.7. The molecule has 106 valence electrons. The fourth-order valence-electron chi connectivity index (χ4n) is 2.38. The molecule has 0 heterocycles. The van der Waals surface area contributed by atoms with Gasteiger partial charge in [0.25, 0.3) is 0 Å². The SMILES string of the molecule is [B]c1ccccc1-c1cc(-c2ccccc2Br)c(Br)cc1Br. The molecule has 0 aliphatic carbocycles. The Kier molecular flexibility index (Phi) is 4.91. The fourth-order valence-corrected chi connectivity index (χ4v) is 4.30. The van der Waals surface area contributed by atoms with Gasteiger partial charge in [-0.15, -0.1) is 0 Å². The van der Waals surface area contributed by atoms with Gasteiger partial charge in [-0.2, -0.15) is 0 Å². The van der Waals surface area contributed by atoms with Crippen LogP contribution in [0.5, 0.6) is 0 Å². The van der Waals surface area contributed by atoms with Crippen LogP contribution in [0.15, 0.2) is 74.1 Å². The Balaban J connectivity index is 2.25. The second-order valence-electron chi connectivity index (χ2n) is 4.88. The summed E-state index contributed by atoms with van der Waals surface area (Å²) in [5, 5.41) is 0. The highest BCUT2D eigenvalue weighted by Gasteiger charge is 2.13. The van der Waals surface area contributed by atoms with Crippen molar-refractivity contribution in [2.45, 2.75) is 0 Å². The van der Waals surface area contributed by atoms with Crippen LogP contribution in [-0.4, -0.2) is 7.85 Å². The predicted molar refractivity (Wildman–Crippen MR) is 106 cm³/mol. The highest BCUT2D eigenvalue weighted by molar-refractivity contribution is 9.11. The summed E-state index contributed by atoms with van der Waals surface area (Å²) in [4.78, 5) is 0. The van der Waals surface area contributed by atoms with Crippen molar-refractivity contribution in [3.05, 3.63) is 74.1 Å². The van der Waals surface area contributed by atoms with Crippen molar-refractivity contribution in [1.29, 1.82) is 0 Å². The van der Waals surface area contributed by atoms with Crippen LogP contribution in [0.3, 0.4) is 0 Å². The highest BCUT2D eigenvalue weighted by atomic mass is 79.9. The van der Waals surface area contributed by atoms with Gasteiger partial charge in [0, 0.05) is 13.4 Å². The Labute approximate surface area is 156 Å². The molecule has 4 heteroatoms. The van der Waals surface area contributed by atoms with E-state index in [2.05, 4.69) is 66.0 Å². The van der Waals surface area contributed by atoms with Gasteiger partial charge >= 0.3 is 0 Å². The van der Waals surface area contributed by atoms with E-state index >= 15 is 0 Å². The van der Waals surface area contributed by atoms with Crippen molar-refractivity contribution in [1.82, 2.24) is 0 Å². The third kappa shape index (κ3) is 3.10. The van der Waals surface area contributed by atoms with E-state index in [4.69, 9.17) is 7.85 Å². The molecule has 0 bridgehead atoms. The minimum absolute atomic E-state index is 0.767. The zero-order valence-corrected chi connectivity index (χ0v) is 16.2. The molecule has 0 unspecified atom stereocenters. The van der Waals surface area contributed by atoms with Crippen molar-refractivity contribution < 1.29 is 0 Å². The molecule has 0 spiro atoms. The lowest BCUT2D eigenvalue weighted by molar-refractivity contribution is 1.52. The first-order valence-corrected chi connectivity index (χ1v) is 9.04. The van der Waals surface area contributed by atoms with Gasteiger partial charge in [0.1, 0.15) is 7.85 Å². The van der Waals surface area contributed by atoms with Gasteiger partial charge in [0.2, 0.25) is 0 Å².